The molecule has 0 aliphatic heterocycles. The summed E-state index contributed by atoms with van der Waals surface area (Å²) in [5, 5.41) is 9.22. The molecular weight excluding hydrogens is 276 g/mol. The van der Waals surface area contributed by atoms with Crippen molar-refractivity contribution in [2.45, 2.75) is 72.2 Å². The largest absolute Gasteiger partial charge is 0.393 e. The molecule has 0 rings (SSSR count). The van der Waals surface area contributed by atoms with Gasteiger partial charge in [0, 0.05) is 0 Å². The molecule has 0 heterocycles. The second-order valence-corrected chi connectivity index (χ2v) is 8.57. The van der Waals surface area contributed by atoms with Gasteiger partial charge in [-0.3, -0.25) is 4.55 Å². The Kier molecular flexibility index (Phi) is 8.29. The summed E-state index contributed by atoms with van der Waals surface area (Å²) in [5.41, 5.74) is 0. The van der Waals surface area contributed by atoms with E-state index in [-0.39, 0.29) is 0 Å². The lowest BCUT2D eigenvalue weighted by Crippen LogP contribution is -2.25. The van der Waals surface area contributed by atoms with E-state index in [0.717, 1.165) is 0 Å². The third-order valence-corrected chi connectivity index (χ3v) is 6.09. The highest BCUT2D eigenvalue weighted by molar-refractivity contribution is 7.86. The Balaban J connectivity index is 4.24. The minimum Gasteiger partial charge on any atom is -0.393 e. The Morgan fingerprint density at radius 2 is 1.40 bits per heavy atom. The Hall–Kier alpha value is -0.130. The monoisotopic (exact) mass is 308 g/mol. The van der Waals surface area contributed by atoms with E-state index in [0.29, 0.717) is 42.9 Å². The van der Waals surface area contributed by atoms with Crippen LogP contribution in [0.5, 0.6) is 0 Å². The fraction of sp³-hybridized carbons (Fsp3) is 1.00. The highest BCUT2D eigenvalue weighted by Gasteiger charge is 2.24. The summed E-state index contributed by atoms with van der Waals surface area (Å²) >= 11 is 0. The Morgan fingerprint density at radius 1 is 0.900 bits per heavy atom. The van der Waals surface area contributed by atoms with Gasteiger partial charge in [0.25, 0.3) is 10.1 Å². The summed E-state index contributed by atoms with van der Waals surface area (Å²) in [4.78, 5) is 0. The lowest BCUT2D eigenvalue weighted by Gasteiger charge is -2.30. The van der Waals surface area contributed by atoms with Crippen LogP contribution in [-0.2, 0) is 10.1 Å². The van der Waals surface area contributed by atoms with Crippen molar-refractivity contribution in [2.24, 2.45) is 23.7 Å². The smallest absolute Gasteiger partial charge is 0.267 e. The van der Waals surface area contributed by atoms with Crippen LogP contribution in [0, 0.1) is 23.7 Å². The van der Waals surface area contributed by atoms with Crippen LogP contribution in [0.2, 0.25) is 0 Å². The first-order valence-electron chi connectivity index (χ1n) is 7.61. The van der Waals surface area contributed by atoms with Crippen LogP contribution < -0.4 is 0 Å². The van der Waals surface area contributed by atoms with Gasteiger partial charge in [-0.05, 0) is 49.9 Å². The molecule has 5 atom stereocenters. The summed E-state index contributed by atoms with van der Waals surface area (Å²) in [6.45, 7) is 12.5. The first kappa shape index (κ1) is 19.9. The van der Waals surface area contributed by atoms with Crippen LogP contribution in [0.3, 0.4) is 0 Å². The normalized spacial score (nSPS) is 20.4. The molecule has 4 nitrogen and oxygen atoms in total. The lowest BCUT2D eigenvalue weighted by molar-refractivity contribution is 0.104. The van der Waals surface area contributed by atoms with Crippen LogP contribution in [0.1, 0.15) is 60.8 Å². The van der Waals surface area contributed by atoms with Crippen molar-refractivity contribution < 1.29 is 18.1 Å². The Morgan fingerprint density at radius 3 is 1.80 bits per heavy atom. The standard InChI is InChI=1S/C15H32O4S/c1-10(2)13(5)14(6)11(3)9-15(16)8-7-12(4)20(17,18)19/h10-16H,7-9H2,1-6H3,(H,17,18,19). The molecule has 0 fully saturated rings. The molecule has 0 bridgehead atoms. The van der Waals surface area contributed by atoms with Crippen molar-refractivity contribution in [1.82, 2.24) is 0 Å². The zero-order valence-electron chi connectivity index (χ0n) is 13.7. The van der Waals surface area contributed by atoms with Gasteiger partial charge in [0.05, 0.1) is 11.4 Å². The molecule has 20 heavy (non-hydrogen) atoms. The lowest BCUT2D eigenvalue weighted by atomic mass is 9.77. The quantitative estimate of drug-likeness (QED) is 0.640. The molecule has 0 aromatic heterocycles. The minimum atomic E-state index is -3.98. The summed E-state index contributed by atoms with van der Waals surface area (Å²) in [7, 11) is -3.98. The Bertz CT molecular complexity index is 364. The summed E-state index contributed by atoms with van der Waals surface area (Å²) < 4.78 is 30.7. The van der Waals surface area contributed by atoms with E-state index >= 15 is 0 Å². The van der Waals surface area contributed by atoms with E-state index in [1.165, 1.54) is 6.92 Å². The van der Waals surface area contributed by atoms with Gasteiger partial charge in [0.2, 0.25) is 0 Å². The van der Waals surface area contributed by atoms with Gasteiger partial charge in [-0.2, -0.15) is 8.42 Å². The van der Waals surface area contributed by atoms with Crippen molar-refractivity contribution in [3.8, 4) is 0 Å². The minimum absolute atomic E-state index is 0.292. The molecule has 0 aromatic rings. The zero-order valence-corrected chi connectivity index (χ0v) is 14.5. The van der Waals surface area contributed by atoms with E-state index in [2.05, 4.69) is 34.6 Å². The molecule has 0 aliphatic carbocycles. The summed E-state index contributed by atoms with van der Waals surface area (Å²) in [6, 6.07) is 0. The third kappa shape index (κ3) is 7.04. The molecule has 2 N–H and O–H groups in total. The fourth-order valence-corrected chi connectivity index (χ4v) is 2.90. The van der Waals surface area contributed by atoms with Gasteiger partial charge >= 0.3 is 0 Å². The number of aliphatic hydroxyl groups excluding tert-OH is 1. The van der Waals surface area contributed by atoms with Crippen molar-refractivity contribution in [1.29, 1.82) is 0 Å². The maximum absolute atomic E-state index is 10.9. The topological polar surface area (TPSA) is 74.6 Å². The SMILES string of the molecule is CC(C)C(C)C(C)C(C)CC(O)CCC(C)S(=O)(=O)O. The molecule has 0 amide bonds. The zero-order chi connectivity index (χ0) is 16.1. The molecule has 0 radical (unpaired) electrons. The molecule has 0 aromatic carbocycles. The van der Waals surface area contributed by atoms with E-state index < -0.39 is 21.5 Å². The second-order valence-electron chi connectivity index (χ2n) is 6.73. The molecule has 0 aliphatic rings. The molecule has 0 saturated heterocycles. The van der Waals surface area contributed by atoms with Gasteiger partial charge in [-0.25, -0.2) is 0 Å². The van der Waals surface area contributed by atoms with Crippen LogP contribution in [0.4, 0.5) is 0 Å². The molecule has 5 unspecified atom stereocenters. The maximum Gasteiger partial charge on any atom is 0.267 e. The highest BCUT2D eigenvalue weighted by Crippen LogP contribution is 2.30. The van der Waals surface area contributed by atoms with Gasteiger partial charge in [0.1, 0.15) is 0 Å². The predicted octanol–water partition coefficient (Wildman–Crippen LogP) is 3.36. The van der Waals surface area contributed by atoms with Gasteiger partial charge in [-0.15, -0.1) is 0 Å². The van der Waals surface area contributed by atoms with Crippen molar-refractivity contribution in [3.63, 3.8) is 0 Å². The third-order valence-electron chi connectivity index (χ3n) is 4.84. The van der Waals surface area contributed by atoms with E-state index in [9.17, 15) is 13.5 Å². The maximum atomic E-state index is 10.9. The summed E-state index contributed by atoms with van der Waals surface area (Å²) in [6.07, 6.45) is 0.877. The summed E-state index contributed by atoms with van der Waals surface area (Å²) in [5.74, 6) is 2.12. The second kappa shape index (κ2) is 8.35. The average molecular weight is 308 g/mol. The van der Waals surface area contributed by atoms with Gasteiger partial charge < -0.3 is 5.11 Å². The Labute approximate surface area is 124 Å². The predicted molar refractivity (Wildman–Crippen MR) is 83.2 cm³/mol. The van der Waals surface area contributed by atoms with E-state index in [1.807, 2.05) is 0 Å². The van der Waals surface area contributed by atoms with Gasteiger partial charge in [0.15, 0.2) is 0 Å². The molecular formula is C15H32O4S. The highest BCUT2D eigenvalue weighted by atomic mass is 32.2. The molecule has 0 spiro atoms. The first-order chi connectivity index (χ1) is 8.96. The van der Waals surface area contributed by atoms with Crippen molar-refractivity contribution in [2.75, 3.05) is 0 Å². The molecule has 122 valence electrons. The van der Waals surface area contributed by atoms with E-state index in [1.54, 1.807) is 0 Å². The van der Waals surface area contributed by atoms with Gasteiger partial charge in [-0.1, -0.05) is 34.6 Å². The van der Waals surface area contributed by atoms with Crippen molar-refractivity contribution >= 4 is 10.1 Å². The van der Waals surface area contributed by atoms with Crippen LogP contribution in [-0.4, -0.2) is 29.4 Å². The number of rotatable bonds is 9. The fourth-order valence-electron chi connectivity index (χ4n) is 2.46. The number of hydrogen-bond donors (Lipinski definition) is 2. The molecule has 0 saturated carbocycles. The average Bonchev–Trinajstić information content (AvgIpc) is 2.32. The first-order valence-corrected chi connectivity index (χ1v) is 9.11. The van der Waals surface area contributed by atoms with Crippen molar-refractivity contribution in [3.05, 3.63) is 0 Å². The van der Waals surface area contributed by atoms with E-state index in [4.69, 9.17) is 4.55 Å². The van der Waals surface area contributed by atoms with Crippen LogP contribution >= 0.6 is 0 Å². The number of aliphatic hydroxyl groups is 1. The van der Waals surface area contributed by atoms with Crippen LogP contribution in [0.15, 0.2) is 0 Å². The number of hydrogen-bond acceptors (Lipinski definition) is 3. The van der Waals surface area contributed by atoms with Crippen LogP contribution in [0.25, 0.3) is 0 Å². The molecule has 5 heteroatoms.